The Kier molecular flexibility index (Phi) is 6.69. The van der Waals surface area contributed by atoms with E-state index in [0.29, 0.717) is 19.0 Å². The van der Waals surface area contributed by atoms with Gasteiger partial charge in [-0.05, 0) is 5.56 Å². The summed E-state index contributed by atoms with van der Waals surface area (Å²) in [6.45, 7) is 1.27. The van der Waals surface area contributed by atoms with E-state index in [1.54, 1.807) is 0 Å². The molecule has 0 heterocycles. The van der Waals surface area contributed by atoms with Gasteiger partial charge < -0.3 is 9.47 Å². The van der Waals surface area contributed by atoms with Gasteiger partial charge in [-0.15, -0.1) is 11.8 Å². The summed E-state index contributed by atoms with van der Waals surface area (Å²) in [6.07, 6.45) is 0. The fourth-order valence-corrected chi connectivity index (χ4v) is 1.76. The Bertz CT molecular complexity index is 300. The normalized spacial score (nSPS) is 10.1. The van der Waals surface area contributed by atoms with Crippen LogP contribution in [0.1, 0.15) is 5.56 Å². The first kappa shape index (κ1) is 13.1. The fraction of sp³-hybridized carbons (Fsp3) is 0.417. The van der Waals surface area contributed by atoms with Crippen LogP contribution < -0.4 is 0 Å². The minimum absolute atomic E-state index is 0.187. The average Bonchev–Trinajstić information content (AvgIpc) is 2.34. The van der Waals surface area contributed by atoms with Crippen LogP contribution in [-0.4, -0.2) is 31.2 Å². The summed E-state index contributed by atoms with van der Waals surface area (Å²) in [5, 5.41) is 0. The van der Waals surface area contributed by atoms with E-state index in [-0.39, 0.29) is 5.97 Å². The van der Waals surface area contributed by atoms with Gasteiger partial charge in [-0.1, -0.05) is 30.3 Å². The van der Waals surface area contributed by atoms with Crippen LogP contribution in [0.5, 0.6) is 0 Å². The zero-order valence-corrected chi connectivity index (χ0v) is 10.2. The van der Waals surface area contributed by atoms with Gasteiger partial charge >= 0.3 is 5.97 Å². The highest BCUT2D eigenvalue weighted by molar-refractivity contribution is 7.99. The lowest BCUT2D eigenvalue weighted by Gasteiger charge is -2.03. The molecular weight excluding hydrogens is 224 g/mol. The molecular formula is C12H16O3S. The molecule has 1 rings (SSSR count). The van der Waals surface area contributed by atoms with Crippen LogP contribution in [0, 0.1) is 0 Å². The summed E-state index contributed by atoms with van der Waals surface area (Å²) in [5.74, 6) is 1.01. The van der Waals surface area contributed by atoms with Crippen LogP contribution in [0.2, 0.25) is 0 Å². The zero-order chi connectivity index (χ0) is 11.6. The van der Waals surface area contributed by atoms with Crippen LogP contribution in [0.4, 0.5) is 0 Å². The fourth-order valence-electron chi connectivity index (χ4n) is 1.10. The van der Waals surface area contributed by atoms with Gasteiger partial charge in [0.1, 0.15) is 0 Å². The molecule has 0 aliphatic heterocycles. The van der Waals surface area contributed by atoms with Crippen molar-refractivity contribution in [2.45, 2.75) is 6.61 Å². The van der Waals surface area contributed by atoms with E-state index < -0.39 is 0 Å². The van der Waals surface area contributed by atoms with Gasteiger partial charge in [0.2, 0.25) is 0 Å². The average molecular weight is 240 g/mol. The first-order valence-corrected chi connectivity index (χ1v) is 6.24. The molecule has 0 unspecified atom stereocenters. The van der Waals surface area contributed by atoms with Crippen molar-refractivity contribution in [1.29, 1.82) is 0 Å². The summed E-state index contributed by atoms with van der Waals surface area (Å²) >= 11 is 1.52. The molecule has 4 heteroatoms. The number of hydrogen-bond acceptors (Lipinski definition) is 4. The van der Waals surface area contributed by atoms with Crippen molar-refractivity contribution < 1.29 is 14.3 Å². The number of benzene rings is 1. The SMILES string of the molecule is COC(=O)CSCCOCc1ccccc1. The standard InChI is InChI=1S/C12H16O3S/c1-14-12(13)10-16-8-7-15-9-11-5-3-2-4-6-11/h2-6H,7-10H2,1H3. The molecule has 0 amide bonds. The summed E-state index contributed by atoms with van der Waals surface area (Å²) in [5.41, 5.74) is 1.17. The largest absolute Gasteiger partial charge is 0.468 e. The molecule has 0 N–H and O–H groups in total. The minimum Gasteiger partial charge on any atom is -0.468 e. The molecule has 0 bridgehead atoms. The van der Waals surface area contributed by atoms with Crippen molar-refractivity contribution in [3.8, 4) is 0 Å². The molecule has 0 radical (unpaired) electrons. The zero-order valence-electron chi connectivity index (χ0n) is 9.35. The van der Waals surface area contributed by atoms with E-state index in [1.165, 1.54) is 24.4 Å². The van der Waals surface area contributed by atoms with Crippen molar-refractivity contribution in [1.82, 2.24) is 0 Å². The Morgan fingerprint density at radius 1 is 1.31 bits per heavy atom. The van der Waals surface area contributed by atoms with Crippen molar-refractivity contribution in [3.63, 3.8) is 0 Å². The highest BCUT2D eigenvalue weighted by Crippen LogP contribution is 2.03. The number of hydrogen-bond donors (Lipinski definition) is 0. The summed E-state index contributed by atoms with van der Waals surface area (Å²) in [6, 6.07) is 10.0. The Balaban J connectivity index is 1.98. The minimum atomic E-state index is -0.187. The highest BCUT2D eigenvalue weighted by Gasteiger charge is 1.99. The second kappa shape index (κ2) is 8.19. The molecule has 3 nitrogen and oxygen atoms in total. The van der Waals surface area contributed by atoms with Gasteiger partial charge in [0.15, 0.2) is 0 Å². The first-order chi connectivity index (χ1) is 7.83. The monoisotopic (exact) mass is 240 g/mol. The van der Waals surface area contributed by atoms with E-state index in [9.17, 15) is 4.79 Å². The summed E-state index contributed by atoms with van der Waals surface area (Å²) in [4.78, 5) is 10.8. The van der Waals surface area contributed by atoms with Crippen LogP contribution in [-0.2, 0) is 20.9 Å². The Labute approximate surface area is 100 Å². The second-order valence-corrected chi connectivity index (χ2v) is 4.27. The smallest absolute Gasteiger partial charge is 0.315 e. The van der Waals surface area contributed by atoms with Crippen molar-refractivity contribution >= 4 is 17.7 Å². The second-order valence-electron chi connectivity index (χ2n) is 3.17. The molecule has 0 aliphatic carbocycles. The molecule has 0 aromatic heterocycles. The topological polar surface area (TPSA) is 35.5 Å². The van der Waals surface area contributed by atoms with E-state index in [1.807, 2.05) is 30.3 Å². The van der Waals surface area contributed by atoms with Gasteiger partial charge in [0.05, 0.1) is 26.1 Å². The number of carbonyl (C=O) groups is 1. The van der Waals surface area contributed by atoms with Crippen molar-refractivity contribution in [3.05, 3.63) is 35.9 Å². The van der Waals surface area contributed by atoms with Crippen LogP contribution in [0.15, 0.2) is 30.3 Å². The number of thioether (sulfide) groups is 1. The summed E-state index contributed by atoms with van der Waals surface area (Å²) in [7, 11) is 1.40. The number of rotatable bonds is 7. The first-order valence-electron chi connectivity index (χ1n) is 5.09. The third-order valence-corrected chi connectivity index (χ3v) is 2.83. The number of ether oxygens (including phenoxy) is 2. The molecule has 0 saturated heterocycles. The van der Waals surface area contributed by atoms with Crippen LogP contribution in [0.25, 0.3) is 0 Å². The lowest BCUT2D eigenvalue weighted by molar-refractivity contribution is -0.137. The molecule has 0 saturated carbocycles. The highest BCUT2D eigenvalue weighted by atomic mass is 32.2. The van der Waals surface area contributed by atoms with Gasteiger partial charge in [-0.2, -0.15) is 0 Å². The third-order valence-electron chi connectivity index (χ3n) is 1.93. The molecule has 1 aromatic rings. The van der Waals surface area contributed by atoms with Gasteiger partial charge in [0.25, 0.3) is 0 Å². The lowest BCUT2D eigenvalue weighted by Crippen LogP contribution is -2.05. The predicted molar refractivity (Wildman–Crippen MR) is 65.4 cm³/mol. The maximum atomic E-state index is 10.8. The predicted octanol–water partition coefficient (Wildman–Crippen LogP) is 2.11. The van der Waals surface area contributed by atoms with E-state index in [4.69, 9.17) is 4.74 Å². The molecule has 16 heavy (non-hydrogen) atoms. The number of esters is 1. The lowest BCUT2D eigenvalue weighted by atomic mass is 10.2. The summed E-state index contributed by atoms with van der Waals surface area (Å²) < 4.78 is 9.99. The van der Waals surface area contributed by atoms with E-state index in [2.05, 4.69) is 4.74 Å². The molecule has 0 fully saturated rings. The van der Waals surface area contributed by atoms with Crippen LogP contribution in [0.3, 0.4) is 0 Å². The van der Waals surface area contributed by atoms with Gasteiger partial charge in [0, 0.05) is 5.75 Å². The maximum absolute atomic E-state index is 10.8. The van der Waals surface area contributed by atoms with E-state index >= 15 is 0 Å². The number of carbonyl (C=O) groups excluding carboxylic acids is 1. The molecule has 0 atom stereocenters. The Morgan fingerprint density at radius 2 is 2.06 bits per heavy atom. The van der Waals surface area contributed by atoms with Gasteiger partial charge in [-0.3, -0.25) is 4.79 Å². The van der Waals surface area contributed by atoms with E-state index in [0.717, 1.165) is 5.75 Å². The molecule has 88 valence electrons. The quantitative estimate of drug-likeness (QED) is 0.540. The maximum Gasteiger partial charge on any atom is 0.315 e. The van der Waals surface area contributed by atoms with Crippen molar-refractivity contribution in [2.75, 3.05) is 25.2 Å². The Hall–Kier alpha value is -1.00. The van der Waals surface area contributed by atoms with Gasteiger partial charge in [-0.25, -0.2) is 0 Å². The Morgan fingerprint density at radius 3 is 2.75 bits per heavy atom. The number of methoxy groups -OCH3 is 1. The molecule has 1 aromatic carbocycles. The third kappa shape index (κ3) is 5.78. The van der Waals surface area contributed by atoms with Crippen LogP contribution >= 0.6 is 11.8 Å². The molecule has 0 spiro atoms. The molecule has 0 aliphatic rings. The van der Waals surface area contributed by atoms with Crippen molar-refractivity contribution in [2.24, 2.45) is 0 Å².